The van der Waals surface area contributed by atoms with Gasteiger partial charge in [-0.05, 0) is 14.0 Å². The van der Waals surface area contributed by atoms with Crippen molar-refractivity contribution in [3.8, 4) is 0 Å². The lowest BCUT2D eigenvalue weighted by molar-refractivity contribution is 0.0619. The molecule has 1 heterocycles. The fraction of sp³-hybridized carbons (Fsp3) is 1.00. The summed E-state index contributed by atoms with van der Waals surface area (Å²) in [7, 11) is 2.07. The molecule has 1 saturated heterocycles. The van der Waals surface area contributed by atoms with E-state index in [1.807, 2.05) is 6.92 Å². The third-order valence-corrected chi connectivity index (χ3v) is 1.87. The zero-order valence-corrected chi connectivity index (χ0v) is 6.71. The normalized spacial score (nSPS) is 35.1. The van der Waals surface area contributed by atoms with E-state index in [2.05, 4.69) is 11.9 Å². The van der Waals surface area contributed by atoms with Gasteiger partial charge < -0.3 is 15.4 Å². The lowest BCUT2D eigenvalue weighted by Crippen LogP contribution is -2.35. The molecular weight excluding hydrogens is 128 g/mol. The molecule has 0 bridgehead atoms. The van der Waals surface area contributed by atoms with Crippen LogP contribution < -0.4 is 5.73 Å². The van der Waals surface area contributed by atoms with Crippen molar-refractivity contribution in [2.24, 2.45) is 5.73 Å². The number of ether oxygens (including phenoxy) is 1. The van der Waals surface area contributed by atoms with Crippen molar-refractivity contribution < 1.29 is 4.74 Å². The summed E-state index contributed by atoms with van der Waals surface area (Å²) in [5.74, 6) is 0. The Morgan fingerprint density at radius 1 is 1.60 bits per heavy atom. The van der Waals surface area contributed by atoms with E-state index in [0.717, 1.165) is 19.7 Å². The summed E-state index contributed by atoms with van der Waals surface area (Å²) in [6, 6.07) is 0.213. The first kappa shape index (κ1) is 7.98. The number of nitrogens with zero attached hydrogens (tertiary/aromatic N) is 1. The number of hydrogen-bond acceptors (Lipinski definition) is 3. The number of likely N-dealkylation sites (tertiary alicyclic amines) is 1. The average molecular weight is 144 g/mol. The van der Waals surface area contributed by atoms with E-state index < -0.39 is 0 Å². The first-order chi connectivity index (χ1) is 4.74. The SMILES string of the molecule is CCO[C@H]1CN(C)C[C@@H]1N. The molecule has 0 aromatic rings. The first-order valence-electron chi connectivity index (χ1n) is 3.79. The molecule has 0 amide bonds. The smallest absolute Gasteiger partial charge is 0.0864 e. The van der Waals surface area contributed by atoms with E-state index >= 15 is 0 Å². The Hall–Kier alpha value is -0.120. The Morgan fingerprint density at radius 2 is 2.30 bits per heavy atom. The second-order valence-corrected chi connectivity index (χ2v) is 2.88. The Bertz CT molecular complexity index is 108. The van der Waals surface area contributed by atoms with Crippen LogP contribution >= 0.6 is 0 Å². The molecular formula is C7H16N2O. The second kappa shape index (κ2) is 3.32. The van der Waals surface area contributed by atoms with Crippen molar-refractivity contribution in [3.63, 3.8) is 0 Å². The van der Waals surface area contributed by atoms with Gasteiger partial charge in [0.25, 0.3) is 0 Å². The highest BCUT2D eigenvalue weighted by molar-refractivity contribution is 4.85. The Kier molecular flexibility index (Phi) is 2.65. The highest BCUT2D eigenvalue weighted by atomic mass is 16.5. The predicted molar refractivity (Wildman–Crippen MR) is 40.9 cm³/mol. The van der Waals surface area contributed by atoms with Crippen molar-refractivity contribution in [3.05, 3.63) is 0 Å². The van der Waals surface area contributed by atoms with Gasteiger partial charge in [-0.15, -0.1) is 0 Å². The van der Waals surface area contributed by atoms with Crippen LogP contribution in [0.1, 0.15) is 6.92 Å². The van der Waals surface area contributed by atoms with Crippen molar-refractivity contribution >= 4 is 0 Å². The third-order valence-electron chi connectivity index (χ3n) is 1.87. The number of hydrogen-bond donors (Lipinski definition) is 1. The quantitative estimate of drug-likeness (QED) is 0.576. The maximum absolute atomic E-state index is 5.79. The largest absolute Gasteiger partial charge is 0.376 e. The molecule has 2 N–H and O–H groups in total. The molecule has 0 radical (unpaired) electrons. The molecule has 2 atom stereocenters. The molecule has 1 aliphatic heterocycles. The highest BCUT2D eigenvalue weighted by Crippen LogP contribution is 2.08. The zero-order valence-electron chi connectivity index (χ0n) is 6.71. The van der Waals surface area contributed by atoms with Crippen LogP contribution in [-0.2, 0) is 4.74 Å². The number of nitrogens with two attached hydrogens (primary N) is 1. The number of rotatable bonds is 2. The van der Waals surface area contributed by atoms with Gasteiger partial charge in [-0.1, -0.05) is 0 Å². The minimum Gasteiger partial charge on any atom is -0.376 e. The van der Waals surface area contributed by atoms with Crippen LogP contribution in [0.15, 0.2) is 0 Å². The van der Waals surface area contributed by atoms with E-state index in [-0.39, 0.29) is 12.1 Å². The Morgan fingerprint density at radius 3 is 2.70 bits per heavy atom. The van der Waals surface area contributed by atoms with Crippen LogP contribution in [0.25, 0.3) is 0 Å². The monoisotopic (exact) mass is 144 g/mol. The molecule has 1 aliphatic rings. The zero-order chi connectivity index (χ0) is 7.56. The summed E-state index contributed by atoms with van der Waals surface area (Å²) < 4.78 is 5.42. The van der Waals surface area contributed by atoms with Crippen LogP contribution in [-0.4, -0.2) is 43.8 Å². The standard InChI is InChI=1S/C7H16N2O/c1-3-10-7-5-9(2)4-6(7)8/h6-7H,3-5,8H2,1-2H3/t6-,7-/m0/s1. The topological polar surface area (TPSA) is 38.5 Å². The average Bonchev–Trinajstić information content (AvgIpc) is 2.13. The third kappa shape index (κ3) is 1.68. The van der Waals surface area contributed by atoms with Gasteiger partial charge in [0.05, 0.1) is 6.10 Å². The maximum Gasteiger partial charge on any atom is 0.0864 e. The molecule has 0 spiro atoms. The molecule has 1 fully saturated rings. The Balaban J connectivity index is 2.31. The predicted octanol–water partition coefficient (Wildman–Crippen LogP) is -0.336. The molecule has 0 aromatic carbocycles. The van der Waals surface area contributed by atoms with Crippen molar-refractivity contribution in [2.45, 2.75) is 19.1 Å². The van der Waals surface area contributed by atoms with Gasteiger partial charge in [-0.2, -0.15) is 0 Å². The molecule has 60 valence electrons. The van der Waals surface area contributed by atoms with Gasteiger partial charge in [-0.3, -0.25) is 0 Å². The van der Waals surface area contributed by atoms with Gasteiger partial charge in [0.15, 0.2) is 0 Å². The Labute approximate surface area is 62.1 Å². The fourth-order valence-corrected chi connectivity index (χ4v) is 1.38. The molecule has 3 heteroatoms. The highest BCUT2D eigenvalue weighted by Gasteiger charge is 2.27. The van der Waals surface area contributed by atoms with Crippen molar-refractivity contribution in [2.75, 3.05) is 26.7 Å². The molecule has 10 heavy (non-hydrogen) atoms. The van der Waals surface area contributed by atoms with E-state index in [0.29, 0.717) is 0 Å². The lowest BCUT2D eigenvalue weighted by Gasteiger charge is -2.13. The van der Waals surface area contributed by atoms with Gasteiger partial charge in [0.2, 0.25) is 0 Å². The van der Waals surface area contributed by atoms with E-state index in [1.54, 1.807) is 0 Å². The molecule has 3 nitrogen and oxygen atoms in total. The first-order valence-corrected chi connectivity index (χ1v) is 3.79. The number of likely N-dealkylation sites (N-methyl/N-ethyl adjacent to an activating group) is 1. The summed E-state index contributed by atoms with van der Waals surface area (Å²) in [6.07, 6.45) is 0.259. The van der Waals surface area contributed by atoms with Crippen LogP contribution in [0.5, 0.6) is 0 Å². The molecule has 0 unspecified atom stereocenters. The minimum absolute atomic E-state index is 0.213. The second-order valence-electron chi connectivity index (χ2n) is 2.88. The summed E-state index contributed by atoms with van der Waals surface area (Å²) in [5.41, 5.74) is 5.79. The van der Waals surface area contributed by atoms with E-state index in [4.69, 9.17) is 10.5 Å². The van der Waals surface area contributed by atoms with Gasteiger partial charge in [-0.25, -0.2) is 0 Å². The summed E-state index contributed by atoms with van der Waals surface area (Å²) in [4.78, 5) is 2.20. The van der Waals surface area contributed by atoms with Crippen LogP contribution in [0.4, 0.5) is 0 Å². The fourth-order valence-electron chi connectivity index (χ4n) is 1.38. The minimum atomic E-state index is 0.213. The summed E-state index contributed by atoms with van der Waals surface area (Å²) >= 11 is 0. The maximum atomic E-state index is 5.79. The molecule has 0 saturated carbocycles. The van der Waals surface area contributed by atoms with Crippen molar-refractivity contribution in [1.29, 1.82) is 0 Å². The van der Waals surface area contributed by atoms with E-state index in [1.165, 1.54) is 0 Å². The van der Waals surface area contributed by atoms with Crippen LogP contribution in [0.2, 0.25) is 0 Å². The van der Waals surface area contributed by atoms with Gasteiger partial charge >= 0.3 is 0 Å². The van der Waals surface area contributed by atoms with E-state index in [9.17, 15) is 0 Å². The van der Waals surface area contributed by atoms with Crippen molar-refractivity contribution in [1.82, 2.24) is 4.90 Å². The summed E-state index contributed by atoms with van der Waals surface area (Å²) in [6.45, 7) is 4.72. The van der Waals surface area contributed by atoms with Crippen LogP contribution in [0.3, 0.4) is 0 Å². The molecule has 1 rings (SSSR count). The molecule has 0 aliphatic carbocycles. The summed E-state index contributed by atoms with van der Waals surface area (Å²) in [5, 5.41) is 0. The van der Waals surface area contributed by atoms with Gasteiger partial charge in [0, 0.05) is 25.7 Å². The van der Waals surface area contributed by atoms with Gasteiger partial charge in [0.1, 0.15) is 0 Å². The molecule has 0 aromatic heterocycles. The van der Waals surface area contributed by atoms with Crippen LogP contribution in [0, 0.1) is 0 Å². The lowest BCUT2D eigenvalue weighted by atomic mass is 10.2.